The number of allylic oxidation sites excluding steroid dienone is 1. The number of likely N-dealkylation sites (tertiary alicyclic amines) is 1. The fraction of sp³-hybridized carbons (Fsp3) is 0.444. The molecule has 0 saturated carbocycles. The Balaban J connectivity index is 1.51. The number of ether oxygens (including phenoxy) is 1. The lowest BCUT2D eigenvalue weighted by Crippen LogP contribution is -2.26. The van der Waals surface area contributed by atoms with Gasteiger partial charge >= 0.3 is 0 Å². The van der Waals surface area contributed by atoms with Crippen LogP contribution in [-0.2, 0) is 11.8 Å². The summed E-state index contributed by atoms with van der Waals surface area (Å²) in [6.45, 7) is 13.8. The molecular weight excluding hydrogens is 481 g/mol. The van der Waals surface area contributed by atoms with Gasteiger partial charge in [0.15, 0.2) is 0 Å². The molecule has 0 aromatic heterocycles. The molecule has 206 valence electrons. The molecule has 3 aromatic carbocycles. The topological polar surface area (TPSA) is 12.5 Å². The Kier molecular flexibility index (Phi) is 8.28. The van der Waals surface area contributed by atoms with Crippen LogP contribution in [0.1, 0.15) is 85.4 Å². The Hall–Kier alpha value is -2.91. The monoisotopic (exact) mass is 525 g/mol. The van der Waals surface area contributed by atoms with Crippen molar-refractivity contribution >= 4 is 11.1 Å². The molecule has 3 heteroatoms. The predicted octanol–water partition coefficient (Wildman–Crippen LogP) is 8.71. The van der Waals surface area contributed by atoms with Crippen LogP contribution in [0.4, 0.5) is 4.39 Å². The second kappa shape index (κ2) is 11.7. The van der Waals surface area contributed by atoms with Crippen LogP contribution < -0.4 is 4.74 Å². The molecule has 0 radical (unpaired) electrons. The first-order valence-corrected chi connectivity index (χ1v) is 14.7. The number of nitrogens with zero attached hydrogens (tertiary/aromatic N) is 1. The van der Waals surface area contributed by atoms with Crippen molar-refractivity contribution in [3.8, 4) is 5.75 Å². The largest absolute Gasteiger partial charge is 0.489 e. The number of benzene rings is 3. The van der Waals surface area contributed by atoms with E-state index in [1.807, 2.05) is 0 Å². The summed E-state index contributed by atoms with van der Waals surface area (Å²) in [6.07, 6.45) is 5.10. The van der Waals surface area contributed by atoms with E-state index in [9.17, 15) is 4.39 Å². The molecule has 1 unspecified atom stereocenters. The van der Waals surface area contributed by atoms with Gasteiger partial charge in [0.1, 0.15) is 11.9 Å². The van der Waals surface area contributed by atoms with Crippen molar-refractivity contribution < 1.29 is 9.13 Å². The smallest absolute Gasteiger partial charge is 0.119 e. The molecule has 3 aromatic rings. The third-order valence-corrected chi connectivity index (χ3v) is 8.41. The number of hydrogen-bond donors (Lipinski definition) is 0. The van der Waals surface area contributed by atoms with Crippen molar-refractivity contribution in [1.29, 1.82) is 0 Å². The van der Waals surface area contributed by atoms with Gasteiger partial charge in [0.25, 0.3) is 0 Å². The first-order chi connectivity index (χ1) is 18.7. The van der Waals surface area contributed by atoms with E-state index in [1.165, 1.54) is 50.1 Å². The highest BCUT2D eigenvalue weighted by atomic mass is 19.1. The van der Waals surface area contributed by atoms with Gasteiger partial charge in [0.2, 0.25) is 0 Å². The Morgan fingerprint density at radius 2 is 1.69 bits per heavy atom. The molecule has 1 aliphatic heterocycles. The van der Waals surface area contributed by atoms with Crippen molar-refractivity contribution in [2.45, 2.75) is 78.2 Å². The van der Waals surface area contributed by atoms with Gasteiger partial charge < -0.3 is 4.74 Å². The van der Waals surface area contributed by atoms with Crippen molar-refractivity contribution in [3.05, 3.63) is 99.6 Å². The van der Waals surface area contributed by atoms with Gasteiger partial charge in [-0.15, -0.1) is 0 Å². The molecule has 1 heterocycles. The molecule has 0 N–H and O–H groups in total. The highest BCUT2D eigenvalue weighted by Gasteiger charge is 2.25. The molecular formula is C36H44FNO. The zero-order valence-electron chi connectivity index (χ0n) is 24.4. The van der Waals surface area contributed by atoms with Gasteiger partial charge in [-0.25, -0.2) is 0 Å². The molecule has 39 heavy (non-hydrogen) atoms. The van der Waals surface area contributed by atoms with Gasteiger partial charge in [0, 0.05) is 19.6 Å². The first kappa shape index (κ1) is 27.6. The Morgan fingerprint density at radius 1 is 0.923 bits per heavy atom. The Labute approximate surface area is 234 Å². The predicted molar refractivity (Wildman–Crippen MR) is 162 cm³/mol. The first-order valence-electron chi connectivity index (χ1n) is 14.7. The number of hydrogen-bond acceptors (Lipinski definition) is 2. The molecule has 2 nitrogen and oxygen atoms in total. The number of fused-ring (bicyclic) bond motifs is 1. The average Bonchev–Trinajstić information content (AvgIpc) is 3.26. The maximum Gasteiger partial charge on any atom is 0.119 e. The zero-order valence-corrected chi connectivity index (χ0v) is 24.4. The van der Waals surface area contributed by atoms with Crippen molar-refractivity contribution in [3.63, 3.8) is 0 Å². The summed E-state index contributed by atoms with van der Waals surface area (Å²) in [5, 5.41) is 0. The maximum absolute atomic E-state index is 12.6. The van der Waals surface area contributed by atoms with E-state index in [2.05, 4.69) is 100 Å². The normalized spacial score (nSPS) is 18.3. The molecule has 0 spiro atoms. The lowest BCUT2D eigenvalue weighted by molar-refractivity contribution is 0.198. The molecule has 1 saturated heterocycles. The number of rotatable bonds is 7. The second-order valence-corrected chi connectivity index (χ2v) is 12.5. The van der Waals surface area contributed by atoms with Crippen LogP contribution in [0.3, 0.4) is 0 Å². The number of aryl methyl sites for hydroxylation is 3. The van der Waals surface area contributed by atoms with Crippen LogP contribution >= 0.6 is 0 Å². The third kappa shape index (κ3) is 6.30. The Bertz CT molecular complexity index is 1330. The van der Waals surface area contributed by atoms with Crippen LogP contribution in [0.5, 0.6) is 5.75 Å². The lowest BCUT2D eigenvalue weighted by atomic mass is 9.82. The summed E-state index contributed by atoms with van der Waals surface area (Å²) >= 11 is 0. The van der Waals surface area contributed by atoms with E-state index in [0.717, 1.165) is 51.1 Å². The van der Waals surface area contributed by atoms with Crippen LogP contribution in [0.25, 0.3) is 11.1 Å². The van der Waals surface area contributed by atoms with Gasteiger partial charge in [-0.2, -0.15) is 0 Å². The number of alkyl halides is 1. The van der Waals surface area contributed by atoms with Crippen molar-refractivity contribution in [2.75, 3.05) is 26.3 Å². The van der Waals surface area contributed by atoms with Crippen molar-refractivity contribution in [1.82, 2.24) is 4.90 Å². The third-order valence-electron chi connectivity index (χ3n) is 8.41. The summed E-state index contributed by atoms with van der Waals surface area (Å²) in [5.74, 6) is 0.918. The maximum atomic E-state index is 12.6. The van der Waals surface area contributed by atoms with E-state index in [1.54, 1.807) is 0 Å². The van der Waals surface area contributed by atoms with Crippen LogP contribution in [0.2, 0.25) is 0 Å². The Morgan fingerprint density at radius 3 is 2.41 bits per heavy atom. The minimum atomic E-state index is -0.246. The molecule has 5 rings (SSSR count). The van der Waals surface area contributed by atoms with Gasteiger partial charge in [-0.1, -0.05) is 74.9 Å². The van der Waals surface area contributed by atoms with E-state index >= 15 is 0 Å². The van der Waals surface area contributed by atoms with Crippen LogP contribution in [-0.4, -0.2) is 37.3 Å². The van der Waals surface area contributed by atoms with E-state index in [-0.39, 0.29) is 18.2 Å². The fourth-order valence-electron chi connectivity index (χ4n) is 6.26. The summed E-state index contributed by atoms with van der Waals surface area (Å²) in [5.41, 5.74) is 12.4. The molecule has 1 fully saturated rings. The summed E-state index contributed by atoms with van der Waals surface area (Å²) < 4.78 is 18.9. The molecule has 1 atom stereocenters. The highest BCUT2D eigenvalue weighted by molar-refractivity contribution is 6.00. The lowest BCUT2D eigenvalue weighted by Gasteiger charge is -2.23. The van der Waals surface area contributed by atoms with Crippen LogP contribution in [0.15, 0.2) is 60.7 Å². The summed E-state index contributed by atoms with van der Waals surface area (Å²) in [6, 6.07) is 22.8. The molecule has 2 aliphatic rings. The summed E-state index contributed by atoms with van der Waals surface area (Å²) in [7, 11) is 0. The minimum absolute atomic E-state index is 0.132. The van der Waals surface area contributed by atoms with Gasteiger partial charge in [-0.05, 0) is 108 Å². The molecule has 1 aliphatic carbocycles. The zero-order chi connectivity index (χ0) is 27.6. The van der Waals surface area contributed by atoms with Crippen molar-refractivity contribution in [2.24, 2.45) is 0 Å². The van der Waals surface area contributed by atoms with E-state index in [4.69, 9.17) is 4.74 Å². The van der Waals surface area contributed by atoms with E-state index in [0.29, 0.717) is 6.42 Å². The minimum Gasteiger partial charge on any atom is -0.489 e. The van der Waals surface area contributed by atoms with E-state index < -0.39 is 0 Å². The van der Waals surface area contributed by atoms with Gasteiger partial charge in [0.05, 0.1) is 6.67 Å². The fourth-order valence-corrected chi connectivity index (χ4v) is 6.26. The SMILES string of the molecule is Cc1ccc2c(c1)CCCC(c1ccc(C(C)(C)C)cc1C)=C2c1ccc(OC2CCN(CCCF)C2)cc1. The number of halogens is 1. The highest BCUT2D eigenvalue weighted by Crippen LogP contribution is 2.42. The average molecular weight is 526 g/mol. The molecule has 0 bridgehead atoms. The standard InChI is InChI=1S/C36H44FNO/c1-25-10-16-33-28(22-25)8-6-9-34(32-17-13-29(23-26(32)2)36(3,4)5)35(33)27-11-14-30(15-12-27)39-31-18-21-38(24-31)20-7-19-37/h10-17,22-23,31H,6-9,18-21,24H2,1-5H3. The van der Waals surface area contributed by atoms with Crippen LogP contribution in [0, 0.1) is 13.8 Å². The summed E-state index contributed by atoms with van der Waals surface area (Å²) in [4.78, 5) is 2.31. The van der Waals surface area contributed by atoms with Gasteiger partial charge in [-0.3, -0.25) is 9.29 Å². The quantitative estimate of drug-likeness (QED) is 0.306. The molecule has 0 amide bonds. The second-order valence-electron chi connectivity index (χ2n) is 12.5.